The number of nitrogen functional groups attached to an aromatic ring is 1. The first kappa shape index (κ1) is 14.0. The lowest BCUT2D eigenvalue weighted by molar-refractivity contribution is 0.772. The summed E-state index contributed by atoms with van der Waals surface area (Å²) >= 11 is 0. The third-order valence-electron chi connectivity index (χ3n) is 2.23. The molecule has 0 radical (unpaired) electrons. The summed E-state index contributed by atoms with van der Waals surface area (Å²) in [4.78, 5) is 4.37. The van der Waals surface area contributed by atoms with E-state index in [4.69, 9.17) is 5.73 Å². The van der Waals surface area contributed by atoms with Crippen LogP contribution in [-0.2, 0) is 7.05 Å². The number of hydrogen-bond donors (Lipinski definition) is 1. The second kappa shape index (κ2) is 4.68. The van der Waals surface area contributed by atoms with E-state index in [0.717, 1.165) is 28.1 Å². The van der Waals surface area contributed by atoms with E-state index in [9.17, 15) is 0 Å². The zero-order valence-corrected chi connectivity index (χ0v) is 10.4. The van der Waals surface area contributed by atoms with Crippen LogP contribution in [-0.4, -0.2) is 14.8 Å². The number of aromatic nitrogens is 3. The van der Waals surface area contributed by atoms with Gasteiger partial charge in [-0.25, -0.2) is 4.98 Å². The van der Waals surface area contributed by atoms with Crippen molar-refractivity contribution in [2.24, 2.45) is 7.05 Å². The van der Waals surface area contributed by atoms with E-state index in [1.165, 1.54) is 0 Å². The zero-order valence-electron chi connectivity index (χ0n) is 8.81. The highest BCUT2D eigenvalue weighted by Crippen LogP contribution is 2.19. The molecule has 4 nitrogen and oxygen atoms in total. The molecule has 15 heavy (non-hydrogen) atoms. The Morgan fingerprint density at radius 1 is 1.20 bits per heavy atom. The molecule has 0 aromatic carbocycles. The van der Waals surface area contributed by atoms with Crippen LogP contribution in [0.2, 0.25) is 0 Å². The van der Waals surface area contributed by atoms with Gasteiger partial charge in [0.15, 0.2) is 5.65 Å². The second-order valence-electron chi connectivity index (χ2n) is 3.24. The first-order chi connectivity index (χ1) is 6.09. The molecule has 0 bridgehead atoms. The van der Waals surface area contributed by atoms with Gasteiger partial charge in [-0.2, -0.15) is 5.10 Å². The highest BCUT2D eigenvalue weighted by Gasteiger charge is 2.07. The van der Waals surface area contributed by atoms with Crippen LogP contribution in [0, 0.1) is 13.8 Å². The molecule has 2 rings (SSSR count). The van der Waals surface area contributed by atoms with Crippen molar-refractivity contribution in [1.29, 1.82) is 0 Å². The number of aryl methyl sites for hydroxylation is 3. The lowest BCUT2D eigenvalue weighted by Gasteiger charge is -1.99. The maximum absolute atomic E-state index is 5.76. The molecule has 0 aliphatic heterocycles. The number of fused-ring (bicyclic) bond motifs is 1. The van der Waals surface area contributed by atoms with Gasteiger partial charge in [-0.05, 0) is 19.9 Å². The van der Waals surface area contributed by atoms with Gasteiger partial charge >= 0.3 is 0 Å². The van der Waals surface area contributed by atoms with Crippen molar-refractivity contribution in [1.82, 2.24) is 14.8 Å². The molecule has 6 heteroatoms. The van der Waals surface area contributed by atoms with E-state index in [2.05, 4.69) is 10.1 Å². The topological polar surface area (TPSA) is 56.7 Å². The minimum absolute atomic E-state index is 0. The Hall–Kier alpha value is -1.00. The molecule has 0 saturated heterocycles. The molecule has 2 aromatic rings. The van der Waals surface area contributed by atoms with Gasteiger partial charge in [-0.15, -0.1) is 24.8 Å². The van der Waals surface area contributed by atoms with Crippen LogP contribution in [0.5, 0.6) is 0 Å². The maximum atomic E-state index is 5.76. The molecule has 0 unspecified atom stereocenters. The van der Waals surface area contributed by atoms with Crippen LogP contribution in [0.25, 0.3) is 11.0 Å². The van der Waals surface area contributed by atoms with Crippen molar-refractivity contribution in [3.63, 3.8) is 0 Å². The SMILES string of the molecule is Cc1nc2c(cc1N)c(C)nn2C.Cl.Cl. The number of halogens is 2. The average molecular weight is 249 g/mol. The molecule has 0 fully saturated rings. The first-order valence-electron chi connectivity index (χ1n) is 4.16. The van der Waals surface area contributed by atoms with Gasteiger partial charge < -0.3 is 5.73 Å². The summed E-state index contributed by atoms with van der Waals surface area (Å²) in [6.07, 6.45) is 0. The van der Waals surface area contributed by atoms with Crippen LogP contribution in [0.1, 0.15) is 11.4 Å². The van der Waals surface area contributed by atoms with Crippen molar-refractivity contribution in [3.05, 3.63) is 17.5 Å². The van der Waals surface area contributed by atoms with E-state index < -0.39 is 0 Å². The van der Waals surface area contributed by atoms with Crippen LogP contribution in [0.4, 0.5) is 5.69 Å². The predicted molar refractivity (Wildman–Crippen MR) is 66.9 cm³/mol. The lowest BCUT2D eigenvalue weighted by Crippen LogP contribution is -1.96. The highest BCUT2D eigenvalue weighted by atomic mass is 35.5. The van der Waals surface area contributed by atoms with Crippen LogP contribution >= 0.6 is 24.8 Å². The molecule has 2 aromatic heterocycles. The predicted octanol–water partition coefficient (Wildman–Crippen LogP) is 2.01. The molecule has 0 amide bonds. The third-order valence-corrected chi connectivity index (χ3v) is 2.23. The summed E-state index contributed by atoms with van der Waals surface area (Å²) in [6, 6.07) is 1.93. The van der Waals surface area contributed by atoms with Gasteiger partial charge in [0.25, 0.3) is 0 Å². The van der Waals surface area contributed by atoms with Crippen LogP contribution in [0.3, 0.4) is 0 Å². The molecule has 0 saturated carbocycles. The number of pyridine rings is 1. The molecule has 0 aliphatic rings. The summed E-state index contributed by atoms with van der Waals surface area (Å²) in [6.45, 7) is 3.86. The van der Waals surface area contributed by atoms with E-state index >= 15 is 0 Å². The molecule has 2 N–H and O–H groups in total. The summed E-state index contributed by atoms with van der Waals surface area (Å²) in [5.74, 6) is 0. The van der Waals surface area contributed by atoms with E-state index in [1.807, 2.05) is 27.0 Å². The first-order valence-corrected chi connectivity index (χ1v) is 4.16. The lowest BCUT2D eigenvalue weighted by atomic mass is 10.2. The minimum atomic E-state index is 0. The fraction of sp³-hybridized carbons (Fsp3) is 0.333. The summed E-state index contributed by atoms with van der Waals surface area (Å²) in [5.41, 5.74) is 9.21. The zero-order chi connectivity index (χ0) is 9.59. The minimum Gasteiger partial charge on any atom is -0.397 e. The van der Waals surface area contributed by atoms with E-state index in [1.54, 1.807) is 4.68 Å². The van der Waals surface area contributed by atoms with Crippen molar-refractivity contribution in [2.75, 3.05) is 5.73 Å². The number of anilines is 1. The monoisotopic (exact) mass is 248 g/mol. The van der Waals surface area contributed by atoms with Crippen molar-refractivity contribution in [3.8, 4) is 0 Å². The molecular formula is C9H14Cl2N4. The van der Waals surface area contributed by atoms with E-state index in [0.29, 0.717) is 0 Å². The Kier molecular flexibility index (Phi) is 4.37. The fourth-order valence-corrected chi connectivity index (χ4v) is 1.45. The summed E-state index contributed by atoms with van der Waals surface area (Å²) < 4.78 is 1.77. The molecule has 0 spiro atoms. The number of nitrogens with zero attached hydrogens (tertiary/aromatic N) is 3. The average Bonchev–Trinajstić information content (AvgIpc) is 2.31. The third kappa shape index (κ3) is 2.16. The largest absolute Gasteiger partial charge is 0.397 e. The number of nitrogens with two attached hydrogens (primary N) is 1. The van der Waals surface area contributed by atoms with Gasteiger partial charge in [0.1, 0.15) is 0 Å². The fourth-order valence-electron chi connectivity index (χ4n) is 1.45. The normalized spacial score (nSPS) is 9.53. The van der Waals surface area contributed by atoms with Gasteiger partial charge in [-0.3, -0.25) is 4.68 Å². The summed E-state index contributed by atoms with van der Waals surface area (Å²) in [7, 11) is 1.89. The van der Waals surface area contributed by atoms with Crippen LogP contribution < -0.4 is 5.73 Å². The molecular weight excluding hydrogens is 235 g/mol. The molecule has 84 valence electrons. The number of rotatable bonds is 0. The van der Waals surface area contributed by atoms with Crippen molar-refractivity contribution >= 4 is 41.5 Å². The Morgan fingerprint density at radius 3 is 2.40 bits per heavy atom. The Morgan fingerprint density at radius 2 is 1.80 bits per heavy atom. The Labute approximate surface area is 101 Å². The summed E-state index contributed by atoms with van der Waals surface area (Å²) in [5, 5.41) is 5.30. The number of hydrogen-bond acceptors (Lipinski definition) is 3. The van der Waals surface area contributed by atoms with E-state index in [-0.39, 0.29) is 24.8 Å². The smallest absolute Gasteiger partial charge is 0.158 e. The van der Waals surface area contributed by atoms with Gasteiger partial charge in [0, 0.05) is 12.4 Å². The molecule has 0 aliphatic carbocycles. The quantitative estimate of drug-likeness (QED) is 0.777. The van der Waals surface area contributed by atoms with Crippen molar-refractivity contribution in [2.45, 2.75) is 13.8 Å². The molecule has 2 heterocycles. The van der Waals surface area contributed by atoms with Gasteiger partial charge in [0.05, 0.1) is 17.1 Å². The molecule has 0 atom stereocenters. The maximum Gasteiger partial charge on any atom is 0.158 e. The Balaban J connectivity index is 0.000000980. The standard InChI is InChI=1S/C9H12N4.2ClH/c1-5-7-4-8(10)6(2)11-9(7)13(3)12-5;;/h4H,10H2,1-3H3;2*1H. The second-order valence-corrected chi connectivity index (χ2v) is 3.24. The Bertz CT molecular complexity index is 436. The van der Waals surface area contributed by atoms with Crippen LogP contribution in [0.15, 0.2) is 6.07 Å². The van der Waals surface area contributed by atoms with Gasteiger partial charge in [-0.1, -0.05) is 0 Å². The van der Waals surface area contributed by atoms with Gasteiger partial charge in [0.2, 0.25) is 0 Å². The van der Waals surface area contributed by atoms with Crippen molar-refractivity contribution < 1.29 is 0 Å². The highest BCUT2D eigenvalue weighted by molar-refractivity contribution is 5.85.